The second-order valence-corrected chi connectivity index (χ2v) is 4.05. The number of carbonyl (C=O) groups is 1. The van der Waals surface area contributed by atoms with E-state index in [2.05, 4.69) is 0 Å². The van der Waals surface area contributed by atoms with Crippen molar-refractivity contribution in [2.75, 3.05) is 6.61 Å². The molecule has 2 N–H and O–H groups in total. The van der Waals surface area contributed by atoms with Gasteiger partial charge in [0, 0.05) is 0 Å². The van der Waals surface area contributed by atoms with Gasteiger partial charge in [0.25, 0.3) is 0 Å². The maximum Gasteiger partial charge on any atom is 0.354 e. The van der Waals surface area contributed by atoms with Gasteiger partial charge >= 0.3 is 5.97 Å². The Hall–Kier alpha value is -1.00. The third-order valence-electron chi connectivity index (χ3n) is 1.42. The monoisotopic (exact) mass is 231 g/mol. The van der Waals surface area contributed by atoms with E-state index in [0.29, 0.717) is 10.9 Å². The Kier molecular flexibility index (Phi) is 3.98. The minimum absolute atomic E-state index is 0.0846. The lowest BCUT2D eigenvalue weighted by Crippen LogP contribution is -2.14. The normalized spacial score (nSPS) is 11.4. The Morgan fingerprint density at radius 2 is 2.50 bits per heavy atom. The summed E-state index contributed by atoms with van der Waals surface area (Å²) in [6.07, 6.45) is 1.54. The standard InChI is InChI=1S/C9H10ClNO2S/c1-2-13-9(12)7(11)3-6-4-8(10)14-5-6/h3-5H,2,11H2,1H3/b7-3-. The number of thiophene rings is 1. The minimum atomic E-state index is -0.505. The zero-order valence-electron chi connectivity index (χ0n) is 7.62. The average molecular weight is 232 g/mol. The molecule has 1 aromatic rings. The summed E-state index contributed by atoms with van der Waals surface area (Å²) in [5.41, 5.74) is 6.39. The first-order chi connectivity index (χ1) is 6.63. The molecule has 0 saturated carbocycles. The van der Waals surface area contributed by atoms with E-state index < -0.39 is 5.97 Å². The highest BCUT2D eigenvalue weighted by molar-refractivity contribution is 7.14. The highest BCUT2D eigenvalue weighted by Gasteiger charge is 2.05. The van der Waals surface area contributed by atoms with Gasteiger partial charge in [-0.2, -0.15) is 0 Å². The molecule has 0 amide bonds. The van der Waals surface area contributed by atoms with E-state index >= 15 is 0 Å². The third-order valence-corrected chi connectivity index (χ3v) is 2.53. The topological polar surface area (TPSA) is 52.3 Å². The third kappa shape index (κ3) is 3.05. The quantitative estimate of drug-likeness (QED) is 0.641. The van der Waals surface area contributed by atoms with E-state index in [1.807, 2.05) is 5.38 Å². The maximum atomic E-state index is 11.1. The van der Waals surface area contributed by atoms with E-state index in [1.54, 1.807) is 19.1 Å². The van der Waals surface area contributed by atoms with Crippen LogP contribution in [0.3, 0.4) is 0 Å². The molecule has 0 fully saturated rings. The van der Waals surface area contributed by atoms with Gasteiger partial charge < -0.3 is 10.5 Å². The second kappa shape index (κ2) is 5.02. The van der Waals surface area contributed by atoms with Gasteiger partial charge in [0.1, 0.15) is 5.70 Å². The molecular weight excluding hydrogens is 222 g/mol. The van der Waals surface area contributed by atoms with E-state index in [1.165, 1.54) is 11.3 Å². The highest BCUT2D eigenvalue weighted by Crippen LogP contribution is 2.21. The van der Waals surface area contributed by atoms with Crippen molar-refractivity contribution in [3.63, 3.8) is 0 Å². The Morgan fingerprint density at radius 1 is 1.79 bits per heavy atom. The number of rotatable bonds is 3. The van der Waals surface area contributed by atoms with Crippen LogP contribution in [0.4, 0.5) is 0 Å². The van der Waals surface area contributed by atoms with Crippen LogP contribution in [0.5, 0.6) is 0 Å². The molecule has 0 saturated heterocycles. The number of hydrogen-bond donors (Lipinski definition) is 1. The maximum absolute atomic E-state index is 11.1. The molecule has 0 aromatic carbocycles. The van der Waals surface area contributed by atoms with Crippen LogP contribution in [0.2, 0.25) is 4.34 Å². The first-order valence-corrected chi connectivity index (χ1v) is 5.27. The molecule has 0 spiro atoms. The molecule has 0 aliphatic rings. The molecule has 1 rings (SSSR count). The highest BCUT2D eigenvalue weighted by atomic mass is 35.5. The van der Waals surface area contributed by atoms with E-state index in [9.17, 15) is 4.79 Å². The fraction of sp³-hybridized carbons (Fsp3) is 0.222. The van der Waals surface area contributed by atoms with Crippen molar-refractivity contribution >= 4 is 35.0 Å². The van der Waals surface area contributed by atoms with Crippen LogP contribution >= 0.6 is 22.9 Å². The summed E-state index contributed by atoms with van der Waals surface area (Å²) in [6.45, 7) is 2.05. The van der Waals surface area contributed by atoms with Crippen LogP contribution in [0.15, 0.2) is 17.1 Å². The first kappa shape index (κ1) is 11.1. The van der Waals surface area contributed by atoms with Crippen molar-refractivity contribution in [2.45, 2.75) is 6.92 Å². The predicted molar refractivity (Wildman–Crippen MR) is 58.1 cm³/mol. The molecule has 0 bridgehead atoms. The van der Waals surface area contributed by atoms with Crippen molar-refractivity contribution in [1.29, 1.82) is 0 Å². The summed E-state index contributed by atoms with van der Waals surface area (Å²) >= 11 is 7.10. The minimum Gasteiger partial charge on any atom is -0.461 e. The number of nitrogens with two attached hydrogens (primary N) is 1. The van der Waals surface area contributed by atoms with Gasteiger partial charge in [-0.05, 0) is 30.0 Å². The Balaban J connectivity index is 2.73. The van der Waals surface area contributed by atoms with E-state index in [4.69, 9.17) is 22.1 Å². The van der Waals surface area contributed by atoms with E-state index in [0.717, 1.165) is 5.56 Å². The van der Waals surface area contributed by atoms with E-state index in [-0.39, 0.29) is 5.70 Å². The molecule has 0 unspecified atom stereocenters. The number of hydrogen-bond acceptors (Lipinski definition) is 4. The van der Waals surface area contributed by atoms with Crippen LogP contribution < -0.4 is 5.73 Å². The molecule has 0 atom stereocenters. The first-order valence-electron chi connectivity index (χ1n) is 4.01. The van der Waals surface area contributed by atoms with Crippen molar-refractivity contribution in [3.05, 3.63) is 27.0 Å². The van der Waals surface area contributed by atoms with Gasteiger partial charge in [-0.25, -0.2) is 4.79 Å². The van der Waals surface area contributed by atoms with Crippen LogP contribution in [-0.2, 0) is 9.53 Å². The summed E-state index contributed by atoms with van der Waals surface area (Å²) in [6, 6.07) is 1.73. The molecule has 14 heavy (non-hydrogen) atoms. The summed E-state index contributed by atoms with van der Waals surface area (Å²) < 4.78 is 5.38. The Labute approximate surface area is 91.1 Å². The summed E-state index contributed by atoms with van der Waals surface area (Å²) in [7, 11) is 0. The molecule has 0 aliphatic carbocycles. The molecule has 0 radical (unpaired) electrons. The zero-order valence-corrected chi connectivity index (χ0v) is 9.19. The molecule has 1 heterocycles. The molecule has 3 nitrogen and oxygen atoms in total. The number of carbonyl (C=O) groups excluding carboxylic acids is 1. The molecular formula is C9H10ClNO2S. The van der Waals surface area contributed by atoms with Crippen molar-refractivity contribution < 1.29 is 9.53 Å². The van der Waals surface area contributed by atoms with Crippen LogP contribution in [0.25, 0.3) is 6.08 Å². The number of ether oxygens (including phenoxy) is 1. The van der Waals surface area contributed by atoms with Gasteiger partial charge in [-0.15, -0.1) is 11.3 Å². The SMILES string of the molecule is CCOC(=O)/C(N)=C/c1csc(Cl)c1. The Bertz CT molecular complexity index is 359. The fourth-order valence-corrected chi connectivity index (χ4v) is 1.70. The number of esters is 1. The van der Waals surface area contributed by atoms with Crippen LogP contribution in [0.1, 0.15) is 12.5 Å². The van der Waals surface area contributed by atoms with Gasteiger partial charge in [-0.3, -0.25) is 0 Å². The molecule has 1 aromatic heterocycles. The van der Waals surface area contributed by atoms with Crippen LogP contribution in [0, 0.1) is 0 Å². The lowest BCUT2D eigenvalue weighted by molar-refractivity contribution is -0.138. The number of halogens is 1. The smallest absolute Gasteiger partial charge is 0.354 e. The molecule has 5 heteroatoms. The van der Waals surface area contributed by atoms with Crippen molar-refractivity contribution in [3.8, 4) is 0 Å². The largest absolute Gasteiger partial charge is 0.461 e. The molecule has 0 aliphatic heterocycles. The van der Waals surface area contributed by atoms with Crippen molar-refractivity contribution in [2.24, 2.45) is 5.73 Å². The fourth-order valence-electron chi connectivity index (χ4n) is 0.852. The lowest BCUT2D eigenvalue weighted by Gasteiger charge is -1.99. The van der Waals surface area contributed by atoms with Gasteiger partial charge in [0.15, 0.2) is 0 Å². The van der Waals surface area contributed by atoms with Gasteiger partial charge in [0.2, 0.25) is 0 Å². The summed E-state index contributed by atoms with van der Waals surface area (Å²) in [5, 5.41) is 1.81. The van der Waals surface area contributed by atoms with Crippen molar-refractivity contribution in [1.82, 2.24) is 0 Å². The zero-order chi connectivity index (χ0) is 10.6. The molecule has 76 valence electrons. The summed E-state index contributed by atoms with van der Waals surface area (Å²) in [5.74, 6) is -0.505. The van der Waals surface area contributed by atoms with Gasteiger partial charge in [0.05, 0.1) is 10.9 Å². The Morgan fingerprint density at radius 3 is 3.00 bits per heavy atom. The second-order valence-electron chi connectivity index (χ2n) is 2.50. The van der Waals surface area contributed by atoms with Crippen LogP contribution in [-0.4, -0.2) is 12.6 Å². The predicted octanol–water partition coefficient (Wildman–Crippen LogP) is 2.26. The average Bonchev–Trinajstić information content (AvgIpc) is 2.51. The van der Waals surface area contributed by atoms with Gasteiger partial charge in [-0.1, -0.05) is 11.6 Å². The summed E-state index contributed by atoms with van der Waals surface area (Å²) in [4.78, 5) is 11.1. The lowest BCUT2D eigenvalue weighted by atomic mass is 10.3.